The molecule has 3 rings (SSSR count). The molecule has 0 saturated carbocycles. The van der Waals surface area contributed by atoms with Crippen LogP contribution in [0.4, 0.5) is 14.5 Å². The van der Waals surface area contributed by atoms with E-state index in [1.807, 2.05) is 0 Å². The molecule has 0 saturated heterocycles. The van der Waals surface area contributed by atoms with E-state index in [9.17, 15) is 18.4 Å². The van der Waals surface area contributed by atoms with Gasteiger partial charge in [0.2, 0.25) is 0 Å². The van der Waals surface area contributed by atoms with Gasteiger partial charge in [-0.05, 0) is 29.8 Å². The van der Waals surface area contributed by atoms with Gasteiger partial charge in [0, 0.05) is 0 Å². The quantitative estimate of drug-likeness (QED) is 0.728. The van der Waals surface area contributed by atoms with Gasteiger partial charge in [0.25, 0.3) is 5.91 Å². The average Bonchev–Trinajstić information content (AvgIpc) is 2.67. The summed E-state index contributed by atoms with van der Waals surface area (Å²) in [6.07, 6.45) is -1.28. The first-order chi connectivity index (χ1) is 13.5. The zero-order valence-corrected chi connectivity index (χ0v) is 14.8. The van der Waals surface area contributed by atoms with Gasteiger partial charge < -0.3 is 24.3 Å². The Balaban J connectivity index is 1.56. The van der Waals surface area contributed by atoms with Gasteiger partial charge in [-0.2, -0.15) is 8.78 Å². The molecule has 1 aliphatic heterocycles. The molecule has 0 fully saturated rings. The zero-order chi connectivity index (χ0) is 20.1. The van der Waals surface area contributed by atoms with Crippen molar-refractivity contribution in [2.45, 2.75) is 25.7 Å². The summed E-state index contributed by atoms with van der Waals surface area (Å²) in [5, 5.41) is 2.66. The Morgan fingerprint density at radius 3 is 2.75 bits per heavy atom. The van der Waals surface area contributed by atoms with Crippen LogP contribution in [0.2, 0.25) is 0 Å². The minimum atomic E-state index is -2.98. The summed E-state index contributed by atoms with van der Waals surface area (Å²) in [6.45, 7) is -3.11. The fraction of sp³-hybridized carbons (Fsp3) is 0.263. The topological polar surface area (TPSA) is 83.1 Å². The number of halogens is 2. The molecule has 0 aromatic heterocycles. The zero-order valence-electron chi connectivity index (χ0n) is 14.8. The maximum Gasteiger partial charge on any atom is 0.387 e. The van der Waals surface area contributed by atoms with Gasteiger partial charge in [-0.25, -0.2) is 0 Å². The Hall–Kier alpha value is -3.36. The number of alkyl halides is 2. The predicted molar refractivity (Wildman–Crippen MR) is 93.5 cm³/mol. The number of anilines is 1. The maximum absolute atomic E-state index is 12.3. The van der Waals surface area contributed by atoms with Crippen LogP contribution in [-0.2, 0) is 20.9 Å². The van der Waals surface area contributed by atoms with Gasteiger partial charge in [-0.3, -0.25) is 9.59 Å². The van der Waals surface area contributed by atoms with Gasteiger partial charge in [0.15, 0.2) is 17.6 Å². The minimum Gasteiger partial charge on any atom is -0.493 e. The molecule has 0 spiro atoms. The largest absolute Gasteiger partial charge is 0.493 e. The van der Waals surface area contributed by atoms with E-state index in [0.717, 1.165) is 0 Å². The monoisotopic (exact) mass is 393 g/mol. The van der Waals surface area contributed by atoms with Crippen molar-refractivity contribution in [1.82, 2.24) is 0 Å². The number of carbonyl (C=O) groups excluding carboxylic acids is 2. The normalized spacial score (nSPS) is 15.3. The molecule has 0 aliphatic carbocycles. The standard InChI is InChI=1S/C19H17F2NO6/c1-25-15-8-11(6-7-14(15)28-19(20)21)10-26-17(23)9-16-18(24)22-12-4-2-3-5-13(12)27-16/h2-8,16,19H,9-10H2,1H3,(H,22,24)/t16-/m1/s1. The Bertz CT molecular complexity index is 873. The molecule has 1 heterocycles. The van der Waals surface area contributed by atoms with Gasteiger partial charge in [0.1, 0.15) is 12.4 Å². The van der Waals surface area contributed by atoms with E-state index in [1.54, 1.807) is 24.3 Å². The number of amides is 1. The van der Waals surface area contributed by atoms with E-state index >= 15 is 0 Å². The number of hydrogen-bond donors (Lipinski definition) is 1. The molecule has 1 atom stereocenters. The van der Waals surface area contributed by atoms with Crippen molar-refractivity contribution >= 4 is 17.6 Å². The van der Waals surface area contributed by atoms with Crippen LogP contribution < -0.4 is 19.5 Å². The van der Waals surface area contributed by atoms with Crippen molar-refractivity contribution in [3.63, 3.8) is 0 Å². The summed E-state index contributed by atoms with van der Waals surface area (Å²) in [7, 11) is 1.31. The van der Waals surface area contributed by atoms with E-state index in [1.165, 1.54) is 25.3 Å². The lowest BCUT2D eigenvalue weighted by Gasteiger charge is -2.25. The van der Waals surface area contributed by atoms with Crippen molar-refractivity contribution in [2.24, 2.45) is 0 Å². The molecular formula is C19H17F2NO6. The smallest absolute Gasteiger partial charge is 0.387 e. The third-order valence-corrected chi connectivity index (χ3v) is 3.90. The number of nitrogens with one attached hydrogen (secondary N) is 1. The molecule has 2 aromatic rings. The fourth-order valence-electron chi connectivity index (χ4n) is 2.60. The predicted octanol–water partition coefficient (Wildman–Crippen LogP) is 3.13. The van der Waals surface area contributed by atoms with Crippen LogP contribution in [0.3, 0.4) is 0 Å². The Labute approximate surface area is 159 Å². The van der Waals surface area contributed by atoms with E-state index < -0.39 is 24.6 Å². The molecule has 1 aliphatic rings. The van der Waals surface area contributed by atoms with E-state index in [0.29, 0.717) is 17.0 Å². The van der Waals surface area contributed by atoms with Crippen LogP contribution in [0.15, 0.2) is 42.5 Å². The molecule has 1 N–H and O–H groups in total. The maximum atomic E-state index is 12.3. The number of ether oxygens (including phenoxy) is 4. The minimum absolute atomic E-state index is 0.0837. The second kappa shape index (κ2) is 8.55. The number of esters is 1. The first-order valence-electron chi connectivity index (χ1n) is 8.30. The second-order valence-electron chi connectivity index (χ2n) is 5.82. The Morgan fingerprint density at radius 1 is 1.21 bits per heavy atom. The molecule has 0 radical (unpaired) electrons. The van der Waals surface area contributed by atoms with E-state index in [-0.39, 0.29) is 24.5 Å². The van der Waals surface area contributed by atoms with Crippen LogP contribution in [0.25, 0.3) is 0 Å². The fourth-order valence-corrected chi connectivity index (χ4v) is 2.60. The lowest BCUT2D eigenvalue weighted by molar-refractivity contribution is -0.149. The van der Waals surface area contributed by atoms with E-state index in [2.05, 4.69) is 10.1 Å². The van der Waals surface area contributed by atoms with Gasteiger partial charge in [-0.15, -0.1) is 0 Å². The van der Waals surface area contributed by atoms with Crippen molar-refractivity contribution in [3.05, 3.63) is 48.0 Å². The van der Waals surface area contributed by atoms with Gasteiger partial charge in [0.05, 0.1) is 19.2 Å². The highest BCUT2D eigenvalue weighted by atomic mass is 19.3. The molecule has 7 nitrogen and oxygen atoms in total. The second-order valence-corrected chi connectivity index (χ2v) is 5.82. The highest BCUT2D eigenvalue weighted by Gasteiger charge is 2.30. The number of benzene rings is 2. The molecular weight excluding hydrogens is 376 g/mol. The molecule has 1 amide bonds. The van der Waals surface area contributed by atoms with Crippen molar-refractivity contribution < 1.29 is 37.3 Å². The third-order valence-electron chi connectivity index (χ3n) is 3.90. The SMILES string of the molecule is COc1cc(COC(=O)C[C@H]2Oc3ccccc3NC2=O)ccc1OC(F)F. The number of hydrogen-bond acceptors (Lipinski definition) is 6. The number of para-hydroxylation sites is 2. The summed E-state index contributed by atoms with van der Waals surface area (Å²) in [5.74, 6) is -0.657. The van der Waals surface area contributed by atoms with Crippen molar-refractivity contribution in [2.75, 3.05) is 12.4 Å². The van der Waals surface area contributed by atoms with Crippen LogP contribution in [0, 0.1) is 0 Å². The van der Waals surface area contributed by atoms with Crippen LogP contribution >= 0.6 is 0 Å². The van der Waals surface area contributed by atoms with Crippen molar-refractivity contribution in [3.8, 4) is 17.2 Å². The molecule has 28 heavy (non-hydrogen) atoms. The first kappa shape index (κ1) is 19.4. The summed E-state index contributed by atoms with van der Waals surface area (Å²) >= 11 is 0. The third kappa shape index (κ3) is 4.67. The average molecular weight is 393 g/mol. The highest BCUT2D eigenvalue weighted by Crippen LogP contribution is 2.31. The van der Waals surface area contributed by atoms with E-state index in [4.69, 9.17) is 14.2 Å². The molecule has 148 valence electrons. The van der Waals surface area contributed by atoms with Gasteiger partial charge >= 0.3 is 12.6 Å². The number of fused-ring (bicyclic) bond motifs is 1. The first-order valence-corrected chi connectivity index (χ1v) is 8.30. The highest BCUT2D eigenvalue weighted by molar-refractivity contribution is 5.99. The molecule has 0 bridgehead atoms. The lowest BCUT2D eigenvalue weighted by Crippen LogP contribution is -2.38. The van der Waals surface area contributed by atoms with Crippen molar-refractivity contribution in [1.29, 1.82) is 0 Å². The Morgan fingerprint density at radius 2 is 2.00 bits per heavy atom. The van der Waals surface area contributed by atoms with Crippen LogP contribution in [-0.4, -0.2) is 31.7 Å². The molecule has 0 unspecified atom stereocenters. The summed E-state index contributed by atoms with van der Waals surface area (Å²) in [6, 6.07) is 11.1. The van der Waals surface area contributed by atoms with Gasteiger partial charge in [-0.1, -0.05) is 18.2 Å². The summed E-state index contributed by atoms with van der Waals surface area (Å²) in [5.41, 5.74) is 1.04. The number of rotatable bonds is 7. The van der Waals surface area contributed by atoms with Crippen LogP contribution in [0.1, 0.15) is 12.0 Å². The summed E-state index contributed by atoms with van der Waals surface area (Å²) < 4.78 is 44.7. The molecule has 9 heteroatoms. The lowest BCUT2D eigenvalue weighted by atomic mass is 10.1. The number of methoxy groups -OCH3 is 1. The molecule has 2 aromatic carbocycles. The Kier molecular flexibility index (Phi) is 5.93. The number of carbonyl (C=O) groups is 2. The van der Waals surface area contributed by atoms with Crippen LogP contribution in [0.5, 0.6) is 17.2 Å². The summed E-state index contributed by atoms with van der Waals surface area (Å²) in [4.78, 5) is 24.1.